The van der Waals surface area contributed by atoms with Crippen LogP contribution < -0.4 is 10.6 Å². The second-order valence-electron chi connectivity index (χ2n) is 5.86. The molecule has 1 aromatic carbocycles. The standard InChI is InChI=1S/C18H26N6O/c1-4-19-18(21-13-17(25)23(2)3)20-12-15-7-5-8-16(11-15)14-24-10-6-9-22-24/h5-11H,4,12-14H2,1-3H3,(H2,19,20,21). The van der Waals surface area contributed by atoms with Gasteiger partial charge in [-0.2, -0.15) is 5.10 Å². The van der Waals surface area contributed by atoms with Crippen LogP contribution in [0, 0.1) is 0 Å². The van der Waals surface area contributed by atoms with Gasteiger partial charge in [-0.05, 0) is 24.1 Å². The molecule has 0 fully saturated rings. The zero-order valence-corrected chi connectivity index (χ0v) is 15.1. The average molecular weight is 342 g/mol. The maximum Gasteiger partial charge on any atom is 0.241 e. The average Bonchev–Trinajstić information content (AvgIpc) is 3.10. The molecule has 0 aliphatic carbocycles. The van der Waals surface area contributed by atoms with Crippen LogP contribution in [0.5, 0.6) is 0 Å². The molecular formula is C18H26N6O. The summed E-state index contributed by atoms with van der Waals surface area (Å²) in [6.45, 7) is 4.23. The predicted molar refractivity (Wildman–Crippen MR) is 99.3 cm³/mol. The number of nitrogens with one attached hydrogen (secondary N) is 2. The number of rotatable bonds is 7. The van der Waals surface area contributed by atoms with E-state index in [4.69, 9.17) is 0 Å². The van der Waals surface area contributed by atoms with Crippen LogP contribution in [0.4, 0.5) is 0 Å². The van der Waals surface area contributed by atoms with Crippen molar-refractivity contribution in [3.63, 3.8) is 0 Å². The quantitative estimate of drug-likeness (QED) is 0.583. The Labute approximate surface area is 148 Å². The highest BCUT2D eigenvalue weighted by molar-refractivity contribution is 5.86. The van der Waals surface area contributed by atoms with Gasteiger partial charge >= 0.3 is 0 Å². The molecule has 1 amide bonds. The third-order valence-corrected chi connectivity index (χ3v) is 3.56. The summed E-state index contributed by atoms with van der Waals surface area (Å²) in [5.74, 6) is 0.641. The number of guanidine groups is 1. The molecule has 2 aromatic rings. The molecule has 134 valence electrons. The van der Waals surface area contributed by atoms with Crippen molar-refractivity contribution in [3.8, 4) is 0 Å². The van der Waals surface area contributed by atoms with Gasteiger partial charge in [0.2, 0.25) is 5.91 Å². The first kappa shape index (κ1) is 18.5. The van der Waals surface area contributed by atoms with E-state index in [0.717, 1.165) is 18.7 Å². The molecular weight excluding hydrogens is 316 g/mol. The minimum atomic E-state index is 0.00632. The van der Waals surface area contributed by atoms with Gasteiger partial charge in [-0.25, -0.2) is 4.99 Å². The Bertz CT molecular complexity index is 693. The van der Waals surface area contributed by atoms with Crippen molar-refractivity contribution in [1.82, 2.24) is 25.3 Å². The summed E-state index contributed by atoms with van der Waals surface area (Å²) in [7, 11) is 3.47. The molecule has 0 bridgehead atoms. The largest absolute Gasteiger partial charge is 0.357 e. The van der Waals surface area contributed by atoms with Gasteiger partial charge in [-0.3, -0.25) is 9.48 Å². The van der Waals surface area contributed by atoms with E-state index in [1.807, 2.05) is 36.0 Å². The van der Waals surface area contributed by atoms with Crippen molar-refractivity contribution in [1.29, 1.82) is 0 Å². The first-order chi connectivity index (χ1) is 12.1. The molecule has 1 aromatic heterocycles. The van der Waals surface area contributed by atoms with Crippen LogP contribution in [0.15, 0.2) is 47.7 Å². The van der Waals surface area contributed by atoms with Crippen LogP contribution in [-0.4, -0.2) is 53.7 Å². The van der Waals surface area contributed by atoms with Crippen LogP contribution in [0.25, 0.3) is 0 Å². The topological polar surface area (TPSA) is 74.5 Å². The molecule has 2 rings (SSSR count). The van der Waals surface area contributed by atoms with Crippen LogP contribution in [-0.2, 0) is 17.9 Å². The van der Waals surface area contributed by atoms with Gasteiger partial charge in [-0.15, -0.1) is 0 Å². The Morgan fingerprint density at radius 1 is 1.24 bits per heavy atom. The highest BCUT2D eigenvalue weighted by Crippen LogP contribution is 2.08. The lowest BCUT2D eigenvalue weighted by Crippen LogP contribution is -2.42. The van der Waals surface area contributed by atoms with E-state index in [0.29, 0.717) is 12.5 Å². The summed E-state index contributed by atoms with van der Waals surface area (Å²) in [6.07, 6.45) is 3.72. The number of benzene rings is 1. The van der Waals surface area contributed by atoms with E-state index >= 15 is 0 Å². The van der Waals surface area contributed by atoms with E-state index in [1.165, 1.54) is 5.56 Å². The molecule has 0 radical (unpaired) electrons. The summed E-state index contributed by atoms with van der Waals surface area (Å²) >= 11 is 0. The number of aromatic nitrogens is 2. The van der Waals surface area contributed by atoms with Gasteiger partial charge in [0.15, 0.2) is 5.96 Å². The number of amides is 1. The third kappa shape index (κ3) is 6.29. The van der Waals surface area contributed by atoms with Gasteiger partial charge in [-0.1, -0.05) is 24.3 Å². The van der Waals surface area contributed by atoms with E-state index in [9.17, 15) is 4.79 Å². The monoisotopic (exact) mass is 342 g/mol. The summed E-state index contributed by atoms with van der Waals surface area (Å²) in [5.41, 5.74) is 2.29. The number of carbonyl (C=O) groups is 1. The van der Waals surface area contributed by atoms with E-state index in [2.05, 4.69) is 32.9 Å². The van der Waals surface area contributed by atoms with Crippen LogP contribution in [0.2, 0.25) is 0 Å². The van der Waals surface area contributed by atoms with Crippen molar-refractivity contribution in [2.45, 2.75) is 20.0 Å². The molecule has 0 spiro atoms. The van der Waals surface area contributed by atoms with Gasteiger partial charge in [0, 0.05) is 33.0 Å². The first-order valence-electron chi connectivity index (χ1n) is 8.36. The second-order valence-corrected chi connectivity index (χ2v) is 5.86. The minimum Gasteiger partial charge on any atom is -0.357 e. The van der Waals surface area contributed by atoms with Gasteiger partial charge < -0.3 is 15.5 Å². The Hall–Kier alpha value is -2.83. The highest BCUT2D eigenvalue weighted by Gasteiger charge is 2.05. The van der Waals surface area contributed by atoms with Crippen LogP contribution >= 0.6 is 0 Å². The fourth-order valence-corrected chi connectivity index (χ4v) is 2.24. The Balaban J connectivity index is 1.97. The Morgan fingerprint density at radius 2 is 2.04 bits per heavy atom. The predicted octanol–water partition coefficient (Wildman–Crippen LogP) is 1.07. The molecule has 7 heteroatoms. The fraction of sp³-hybridized carbons (Fsp3) is 0.389. The summed E-state index contributed by atoms with van der Waals surface area (Å²) in [6, 6.07) is 10.2. The molecule has 1 heterocycles. The van der Waals surface area contributed by atoms with Crippen molar-refractivity contribution in [2.24, 2.45) is 4.99 Å². The molecule has 0 aliphatic rings. The molecule has 0 saturated heterocycles. The van der Waals surface area contributed by atoms with Crippen LogP contribution in [0.3, 0.4) is 0 Å². The molecule has 7 nitrogen and oxygen atoms in total. The van der Waals surface area contributed by atoms with Crippen molar-refractivity contribution in [2.75, 3.05) is 27.2 Å². The SMILES string of the molecule is CCNC(=NCc1cccc(Cn2cccn2)c1)NCC(=O)N(C)C. The summed E-state index contributed by atoms with van der Waals surface area (Å²) < 4.78 is 1.89. The van der Waals surface area contributed by atoms with Crippen LogP contribution in [0.1, 0.15) is 18.1 Å². The normalized spacial score (nSPS) is 11.2. The van der Waals surface area contributed by atoms with Crippen molar-refractivity contribution in [3.05, 3.63) is 53.9 Å². The Morgan fingerprint density at radius 3 is 2.72 bits per heavy atom. The smallest absolute Gasteiger partial charge is 0.241 e. The van der Waals surface area contributed by atoms with E-state index in [-0.39, 0.29) is 12.5 Å². The van der Waals surface area contributed by atoms with Crippen molar-refractivity contribution < 1.29 is 4.79 Å². The molecule has 0 unspecified atom stereocenters. The number of hydrogen-bond donors (Lipinski definition) is 2. The fourth-order valence-electron chi connectivity index (χ4n) is 2.24. The van der Waals surface area contributed by atoms with E-state index < -0.39 is 0 Å². The highest BCUT2D eigenvalue weighted by atomic mass is 16.2. The third-order valence-electron chi connectivity index (χ3n) is 3.56. The van der Waals surface area contributed by atoms with E-state index in [1.54, 1.807) is 25.2 Å². The minimum absolute atomic E-state index is 0.00632. The first-order valence-corrected chi connectivity index (χ1v) is 8.36. The Kier molecular flexibility index (Phi) is 7.00. The van der Waals surface area contributed by atoms with Gasteiger partial charge in [0.1, 0.15) is 0 Å². The molecule has 0 atom stereocenters. The lowest BCUT2D eigenvalue weighted by molar-refractivity contribution is -0.127. The number of likely N-dealkylation sites (N-methyl/N-ethyl adjacent to an activating group) is 1. The van der Waals surface area contributed by atoms with Gasteiger partial charge in [0.05, 0.1) is 19.6 Å². The molecule has 2 N–H and O–H groups in total. The number of nitrogens with zero attached hydrogens (tertiary/aromatic N) is 4. The maximum atomic E-state index is 11.7. The number of carbonyl (C=O) groups excluding carboxylic acids is 1. The molecule has 25 heavy (non-hydrogen) atoms. The number of aliphatic imine (C=N–C) groups is 1. The summed E-state index contributed by atoms with van der Waals surface area (Å²) in [5, 5.41) is 10.4. The second kappa shape index (κ2) is 9.46. The zero-order valence-electron chi connectivity index (χ0n) is 15.1. The lowest BCUT2D eigenvalue weighted by atomic mass is 10.1. The van der Waals surface area contributed by atoms with Gasteiger partial charge in [0.25, 0.3) is 0 Å². The maximum absolute atomic E-state index is 11.7. The summed E-state index contributed by atoms with van der Waals surface area (Å²) in [4.78, 5) is 17.8. The molecule has 0 saturated carbocycles. The molecule has 0 aliphatic heterocycles. The zero-order chi connectivity index (χ0) is 18.1. The number of hydrogen-bond acceptors (Lipinski definition) is 3. The van der Waals surface area contributed by atoms with Crippen molar-refractivity contribution >= 4 is 11.9 Å². The lowest BCUT2D eigenvalue weighted by Gasteiger charge is -2.14.